The van der Waals surface area contributed by atoms with Crippen LogP contribution in [0.2, 0.25) is 0 Å². The van der Waals surface area contributed by atoms with E-state index in [0.29, 0.717) is 28.8 Å². The van der Waals surface area contributed by atoms with E-state index in [1.54, 1.807) is 0 Å². The Kier molecular flexibility index (Phi) is 7.12. The first-order valence-electron chi connectivity index (χ1n) is 12.7. The van der Waals surface area contributed by atoms with E-state index in [9.17, 15) is 13.2 Å². The zero-order valence-electron chi connectivity index (χ0n) is 20.8. The Morgan fingerprint density at radius 1 is 0.730 bits per heavy atom. The quantitative estimate of drug-likeness (QED) is 0.214. The smallest absolute Gasteiger partial charge is 0.355 e. The second-order valence-corrected chi connectivity index (χ2v) is 10.2. The zero-order valence-corrected chi connectivity index (χ0v) is 22.4. The fourth-order valence-corrected chi connectivity index (χ4v) is 5.20. The van der Waals surface area contributed by atoms with Crippen molar-refractivity contribution in [1.82, 2.24) is 19.9 Å². The number of fused-ring (bicyclic) bond motifs is 8. The van der Waals surface area contributed by atoms with Gasteiger partial charge in [0.25, 0.3) is 0 Å². The molecule has 8 bridgehead atoms. The first-order valence-corrected chi connectivity index (χ1v) is 13.5. The maximum Gasteiger partial charge on any atom is 0.418 e. The van der Waals surface area contributed by atoms with Gasteiger partial charge in [0, 0.05) is 27.7 Å². The van der Waals surface area contributed by atoms with Gasteiger partial charge >= 0.3 is 6.18 Å². The van der Waals surface area contributed by atoms with Gasteiger partial charge in [0.05, 0.1) is 38.3 Å². The molecule has 0 unspecified atom stereocenters. The summed E-state index contributed by atoms with van der Waals surface area (Å²) in [6.07, 6.45) is 8.40. The summed E-state index contributed by atoms with van der Waals surface area (Å²) in [4.78, 5) is 16.1. The summed E-state index contributed by atoms with van der Waals surface area (Å²) in [5.41, 5.74) is 6.03. The number of aromatic nitrogens is 4. The van der Waals surface area contributed by atoms with E-state index in [0.717, 1.165) is 64.6 Å². The van der Waals surface area contributed by atoms with Crippen molar-refractivity contribution < 1.29 is 13.2 Å². The summed E-state index contributed by atoms with van der Waals surface area (Å²) in [5.74, 6) is 0. The molecule has 4 nitrogen and oxygen atoms in total. The number of hydrogen-bond acceptors (Lipinski definition) is 2. The number of hydrogen-bond donors (Lipinski definition) is 2. The van der Waals surface area contributed by atoms with E-state index in [1.165, 1.54) is 12.1 Å². The second kappa shape index (κ2) is 10.3. The Morgan fingerprint density at radius 3 is 1.86 bits per heavy atom. The molecule has 2 aliphatic heterocycles. The van der Waals surface area contributed by atoms with Crippen LogP contribution in [-0.4, -0.2) is 19.9 Å². The highest BCUT2D eigenvalue weighted by atomic mass is 79.9. The number of aromatic amines is 2. The maximum atomic E-state index is 14.1. The Balaban J connectivity index is 1.91. The Labute approximate surface area is 221 Å². The third-order valence-electron chi connectivity index (χ3n) is 6.72. The summed E-state index contributed by atoms with van der Waals surface area (Å²) in [6.45, 7) is 4.19. The van der Waals surface area contributed by atoms with Gasteiger partial charge < -0.3 is 9.97 Å². The van der Waals surface area contributed by atoms with Crippen LogP contribution in [0.5, 0.6) is 0 Å². The lowest BCUT2D eigenvalue weighted by atomic mass is 10.1. The molecule has 2 N–H and O–H groups in total. The van der Waals surface area contributed by atoms with Gasteiger partial charge in [-0.2, -0.15) is 13.2 Å². The van der Waals surface area contributed by atoms with Crippen molar-refractivity contribution in [2.24, 2.45) is 0 Å². The zero-order chi connectivity index (χ0) is 26.2. The number of aryl methyl sites for hydroxylation is 2. The first kappa shape index (κ1) is 25.5. The lowest BCUT2D eigenvalue weighted by Gasteiger charge is -2.03. The molecular formula is C29H28BrF3N4. The second-order valence-electron chi connectivity index (χ2n) is 9.39. The van der Waals surface area contributed by atoms with E-state index >= 15 is 0 Å². The highest BCUT2D eigenvalue weighted by molar-refractivity contribution is 9.10. The van der Waals surface area contributed by atoms with E-state index in [-0.39, 0.29) is 5.52 Å². The molecule has 2 aliphatic rings. The van der Waals surface area contributed by atoms with Gasteiger partial charge in [0.15, 0.2) is 0 Å². The summed E-state index contributed by atoms with van der Waals surface area (Å²) in [6, 6.07) is 6.49. The molecule has 0 fully saturated rings. The monoisotopic (exact) mass is 568 g/mol. The van der Waals surface area contributed by atoms with Gasteiger partial charge in [-0.3, -0.25) is 0 Å². The maximum absolute atomic E-state index is 14.1. The van der Waals surface area contributed by atoms with Crippen molar-refractivity contribution in [2.75, 3.05) is 0 Å². The van der Waals surface area contributed by atoms with Crippen molar-refractivity contribution in [3.63, 3.8) is 0 Å². The summed E-state index contributed by atoms with van der Waals surface area (Å²) in [5, 5.41) is 0. The van der Waals surface area contributed by atoms with Crippen LogP contribution in [0.1, 0.15) is 79.0 Å². The van der Waals surface area contributed by atoms with Crippen LogP contribution in [0.25, 0.3) is 46.4 Å². The van der Waals surface area contributed by atoms with Crippen molar-refractivity contribution in [2.45, 2.75) is 58.5 Å². The molecule has 0 saturated heterocycles. The minimum atomic E-state index is -4.50. The molecule has 3 aromatic heterocycles. The Bertz CT molecular complexity index is 1560. The lowest BCUT2D eigenvalue weighted by Crippen LogP contribution is -2.03. The molecule has 0 spiro atoms. The Morgan fingerprint density at radius 2 is 1.30 bits per heavy atom. The molecule has 5 rings (SSSR count). The summed E-state index contributed by atoms with van der Waals surface area (Å²) < 4.78 is 43.1. The molecule has 0 radical (unpaired) electrons. The average molecular weight is 569 g/mol. The van der Waals surface area contributed by atoms with Gasteiger partial charge in [-0.05, 0) is 90.2 Å². The van der Waals surface area contributed by atoms with Crippen molar-refractivity contribution in [3.05, 3.63) is 68.2 Å². The van der Waals surface area contributed by atoms with E-state index < -0.39 is 11.7 Å². The number of unbranched alkanes of at least 4 members (excludes halogenated alkanes) is 2. The number of halogens is 4. The largest absolute Gasteiger partial charge is 0.418 e. The van der Waals surface area contributed by atoms with Crippen LogP contribution >= 0.6 is 15.9 Å². The average Bonchev–Trinajstić information content (AvgIpc) is 3.66. The van der Waals surface area contributed by atoms with Crippen LogP contribution in [0.4, 0.5) is 13.2 Å². The fourth-order valence-electron chi connectivity index (χ4n) is 4.75. The normalized spacial score (nSPS) is 13.0. The predicted octanol–water partition coefficient (Wildman–Crippen LogP) is 9.12. The van der Waals surface area contributed by atoms with E-state index in [4.69, 9.17) is 9.97 Å². The van der Waals surface area contributed by atoms with Gasteiger partial charge in [-0.1, -0.05) is 26.7 Å². The molecule has 8 heteroatoms. The van der Waals surface area contributed by atoms with Crippen LogP contribution in [0.3, 0.4) is 0 Å². The summed E-state index contributed by atoms with van der Waals surface area (Å²) >= 11 is 3.68. The van der Waals surface area contributed by atoms with Crippen LogP contribution in [0, 0.1) is 0 Å². The molecule has 3 aromatic rings. The molecule has 0 atom stereocenters. The fraction of sp³-hybridized carbons (Fsp3) is 0.310. The Hall–Kier alpha value is -3.13. The van der Waals surface area contributed by atoms with Gasteiger partial charge in [-0.15, -0.1) is 0 Å². The standard InChI is InChI=1S/C29H28BrF3N4/c1-3-5-7-18-21-10-9-17(34-21)15-27-20(29(31,32)33)16-26(37-27)19(8-6-4-2)23-12-14-25(36-23)28(30)24-13-11-22(18)35-24/h9-16,34,37H,3-8H2,1-2H3. The first-order chi connectivity index (χ1) is 17.8. The molecule has 0 aromatic carbocycles. The topological polar surface area (TPSA) is 57.4 Å². The van der Waals surface area contributed by atoms with E-state index in [1.807, 2.05) is 36.4 Å². The van der Waals surface area contributed by atoms with Gasteiger partial charge in [0.2, 0.25) is 0 Å². The van der Waals surface area contributed by atoms with Crippen LogP contribution in [-0.2, 0) is 19.0 Å². The molecule has 0 aliphatic carbocycles. The van der Waals surface area contributed by atoms with Crippen molar-refractivity contribution in [3.8, 4) is 0 Å². The molecule has 37 heavy (non-hydrogen) atoms. The third kappa shape index (κ3) is 5.17. The lowest BCUT2D eigenvalue weighted by molar-refractivity contribution is -0.136. The van der Waals surface area contributed by atoms with Crippen LogP contribution < -0.4 is 0 Å². The van der Waals surface area contributed by atoms with E-state index in [2.05, 4.69) is 39.7 Å². The molecule has 0 saturated carbocycles. The molecule has 0 amide bonds. The molecule has 5 heterocycles. The highest BCUT2D eigenvalue weighted by Crippen LogP contribution is 2.36. The minimum Gasteiger partial charge on any atom is -0.355 e. The number of alkyl halides is 3. The highest BCUT2D eigenvalue weighted by Gasteiger charge is 2.33. The van der Waals surface area contributed by atoms with Crippen molar-refractivity contribution >= 4 is 62.3 Å². The predicted molar refractivity (Wildman–Crippen MR) is 149 cm³/mol. The number of rotatable bonds is 6. The minimum absolute atomic E-state index is 0.0281. The summed E-state index contributed by atoms with van der Waals surface area (Å²) in [7, 11) is 0. The molecular weight excluding hydrogens is 541 g/mol. The number of nitrogens with zero attached hydrogens (tertiary/aromatic N) is 2. The molecule has 192 valence electrons. The van der Waals surface area contributed by atoms with Gasteiger partial charge in [0.1, 0.15) is 0 Å². The van der Waals surface area contributed by atoms with Crippen molar-refractivity contribution in [1.29, 1.82) is 0 Å². The van der Waals surface area contributed by atoms with Gasteiger partial charge in [-0.25, -0.2) is 9.97 Å². The number of nitrogens with one attached hydrogen (secondary N) is 2. The SMILES string of the molecule is CCCCc1c2nc(c(Br)c3nc(c(CCCC)c4cc(C(F)(F)F)c(cc5ccc1[nH]5)[nH]4)C=C3)C=C2. The third-order valence-corrected chi connectivity index (χ3v) is 7.53. The van der Waals surface area contributed by atoms with Crippen LogP contribution in [0.15, 0.2) is 28.7 Å². The number of H-pyrrole nitrogens is 2.